The summed E-state index contributed by atoms with van der Waals surface area (Å²) in [6.45, 7) is 5.60. The maximum Gasteiger partial charge on any atom is 0.195 e. The van der Waals surface area contributed by atoms with E-state index in [2.05, 4.69) is 31.0 Å². The number of benzene rings is 1. The van der Waals surface area contributed by atoms with Crippen molar-refractivity contribution in [2.45, 2.75) is 19.8 Å². The zero-order valence-corrected chi connectivity index (χ0v) is 16.3. The molecule has 0 bridgehead atoms. The van der Waals surface area contributed by atoms with Gasteiger partial charge in [-0.2, -0.15) is 0 Å². The van der Waals surface area contributed by atoms with Crippen LogP contribution in [0.5, 0.6) is 5.75 Å². The number of para-hydroxylation sites is 1. The first-order valence-corrected chi connectivity index (χ1v) is 7.04. The SMILES string of the molecule is CC(C)c1ccccc1OCCN=C(N(C)C)N(C)C.I. The van der Waals surface area contributed by atoms with Gasteiger partial charge in [0.25, 0.3) is 0 Å². The Morgan fingerprint density at radius 1 is 1.10 bits per heavy atom. The van der Waals surface area contributed by atoms with Crippen LogP contribution < -0.4 is 4.74 Å². The van der Waals surface area contributed by atoms with Gasteiger partial charge in [-0.15, -0.1) is 24.0 Å². The number of rotatable bonds is 5. The van der Waals surface area contributed by atoms with Crippen molar-refractivity contribution in [1.29, 1.82) is 0 Å². The van der Waals surface area contributed by atoms with Gasteiger partial charge in [0.2, 0.25) is 0 Å². The Kier molecular flexibility index (Phi) is 9.41. The van der Waals surface area contributed by atoms with Crippen molar-refractivity contribution in [2.24, 2.45) is 4.99 Å². The fraction of sp³-hybridized carbons (Fsp3) is 0.562. The molecule has 1 aromatic carbocycles. The molecule has 0 aliphatic rings. The predicted molar refractivity (Wildman–Crippen MR) is 101 cm³/mol. The average Bonchev–Trinajstić information content (AvgIpc) is 2.37. The average molecular weight is 405 g/mol. The van der Waals surface area contributed by atoms with Crippen LogP contribution in [0.3, 0.4) is 0 Å². The molecule has 0 atom stereocenters. The molecule has 21 heavy (non-hydrogen) atoms. The van der Waals surface area contributed by atoms with E-state index < -0.39 is 0 Å². The summed E-state index contributed by atoms with van der Waals surface area (Å²) in [5.74, 6) is 2.38. The van der Waals surface area contributed by atoms with Gasteiger partial charge in [0.15, 0.2) is 5.96 Å². The molecule has 0 saturated heterocycles. The van der Waals surface area contributed by atoms with Crippen LogP contribution in [0.2, 0.25) is 0 Å². The second-order valence-electron chi connectivity index (χ2n) is 5.51. The van der Waals surface area contributed by atoms with Crippen LogP contribution >= 0.6 is 24.0 Å². The van der Waals surface area contributed by atoms with Crippen molar-refractivity contribution >= 4 is 29.9 Å². The molecule has 0 aliphatic carbocycles. The van der Waals surface area contributed by atoms with Gasteiger partial charge in [0.05, 0.1) is 6.54 Å². The Morgan fingerprint density at radius 2 is 1.67 bits per heavy atom. The van der Waals surface area contributed by atoms with E-state index in [0.29, 0.717) is 19.1 Å². The lowest BCUT2D eigenvalue weighted by atomic mass is 10.0. The first-order valence-electron chi connectivity index (χ1n) is 7.04. The van der Waals surface area contributed by atoms with Gasteiger partial charge < -0.3 is 14.5 Å². The summed E-state index contributed by atoms with van der Waals surface area (Å²) in [7, 11) is 7.98. The van der Waals surface area contributed by atoms with Gasteiger partial charge in [0.1, 0.15) is 12.4 Å². The van der Waals surface area contributed by atoms with E-state index in [1.54, 1.807) is 0 Å². The highest BCUT2D eigenvalue weighted by atomic mass is 127. The van der Waals surface area contributed by atoms with Crippen molar-refractivity contribution in [3.05, 3.63) is 29.8 Å². The number of halogens is 1. The number of ether oxygens (including phenoxy) is 1. The summed E-state index contributed by atoms with van der Waals surface area (Å²) in [4.78, 5) is 8.56. The molecule has 0 aliphatic heterocycles. The molecule has 0 fully saturated rings. The smallest absolute Gasteiger partial charge is 0.195 e. The summed E-state index contributed by atoms with van der Waals surface area (Å²) in [6, 6.07) is 8.21. The van der Waals surface area contributed by atoms with Crippen LogP contribution in [-0.4, -0.2) is 57.1 Å². The van der Waals surface area contributed by atoms with E-state index in [0.717, 1.165) is 11.7 Å². The zero-order valence-electron chi connectivity index (χ0n) is 14.0. The van der Waals surface area contributed by atoms with Gasteiger partial charge >= 0.3 is 0 Å². The van der Waals surface area contributed by atoms with Gasteiger partial charge in [0, 0.05) is 28.2 Å². The second kappa shape index (κ2) is 9.87. The molecule has 1 aromatic rings. The maximum absolute atomic E-state index is 5.86. The molecule has 0 aromatic heterocycles. The first-order chi connectivity index (χ1) is 9.43. The number of hydrogen-bond donors (Lipinski definition) is 0. The summed E-state index contributed by atoms with van der Waals surface area (Å²) in [6.07, 6.45) is 0. The number of nitrogens with zero attached hydrogens (tertiary/aromatic N) is 3. The third-order valence-corrected chi connectivity index (χ3v) is 2.94. The zero-order chi connectivity index (χ0) is 15.1. The topological polar surface area (TPSA) is 28.1 Å². The quantitative estimate of drug-likeness (QED) is 0.326. The molecule has 0 spiro atoms. The minimum absolute atomic E-state index is 0. The summed E-state index contributed by atoms with van der Waals surface area (Å²) in [5.41, 5.74) is 1.25. The largest absolute Gasteiger partial charge is 0.491 e. The van der Waals surface area contributed by atoms with Crippen molar-refractivity contribution < 1.29 is 4.74 Å². The first kappa shape index (κ1) is 20.0. The second-order valence-corrected chi connectivity index (χ2v) is 5.51. The fourth-order valence-corrected chi connectivity index (χ4v) is 2.07. The van der Waals surface area contributed by atoms with E-state index in [1.807, 2.05) is 50.1 Å². The summed E-state index contributed by atoms with van der Waals surface area (Å²) >= 11 is 0. The summed E-state index contributed by atoms with van der Waals surface area (Å²) in [5, 5.41) is 0. The van der Waals surface area contributed by atoms with E-state index in [4.69, 9.17) is 4.74 Å². The van der Waals surface area contributed by atoms with Crippen molar-refractivity contribution in [3.63, 3.8) is 0 Å². The molecule has 0 heterocycles. The Morgan fingerprint density at radius 3 is 2.19 bits per heavy atom. The van der Waals surface area contributed by atoms with Crippen LogP contribution in [0.15, 0.2) is 29.3 Å². The summed E-state index contributed by atoms with van der Waals surface area (Å²) < 4.78 is 5.86. The van der Waals surface area contributed by atoms with Crippen LogP contribution in [0, 0.1) is 0 Å². The third-order valence-electron chi connectivity index (χ3n) is 2.94. The lowest BCUT2D eigenvalue weighted by Gasteiger charge is -2.22. The normalized spacial score (nSPS) is 9.86. The van der Waals surface area contributed by atoms with Crippen LogP contribution in [0.1, 0.15) is 25.3 Å². The molecule has 0 radical (unpaired) electrons. The molecule has 1 rings (SSSR count). The standard InChI is InChI=1S/C16H27N3O.HI/c1-13(2)14-9-7-8-10-15(14)20-12-11-17-16(18(3)4)19(5)6;/h7-10,13H,11-12H2,1-6H3;1H. The minimum atomic E-state index is 0. The maximum atomic E-state index is 5.86. The van der Waals surface area contributed by atoms with Gasteiger partial charge in [-0.25, -0.2) is 4.99 Å². The third kappa shape index (κ3) is 6.54. The molecule has 0 amide bonds. The molecule has 4 nitrogen and oxygen atoms in total. The molecular formula is C16H28IN3O. The molecule has 0 N–H and O–H groups in total. The molecular weight excluding hydrogens is 377 g/mol. The van der Waals surface area contributed by atoms with Gasteiger partial charge in [-0.05, 0) is 17.5 Å². The van der Waals surface area contributed by atoms with E-state index in [-0.39, 0.29) is 24.0 Å². The molecule has 5 heteroatoms. The van der Waals surface area contributed by atoms with E-state index in [1.165, 1.54) is 5.56 Å². The van der Waals surface area contributed by atoms with Crippen LogP contribution in [-0.2, 0) is 0 Å². The van der Waals surface area contributed by atoms with Gasteiger partial charge in [-0.3, -0.25) is 0 Å². The fourth-order valence-electron chi connectivity index (χ4n) is 2.07. The highest BCUT2D eigenvalue weighted by Gasteiger charge is 2.07. The van der Waals surface area contributed by atoms with Crippen molar-refractivity contribution in [2.75, 3.05) is 41.3 Å². The molecule has 120 valence electrons. The Hall–Kier alpha value is -0.980. The van der Waals surface area contributed by atoms with Crippen molar-refractivity contribution in [3.8, 4) is 5.75 Å². The van der Waals surface area contributed by atoms with Crippen LogP contribution in [0.4, 0.5) is 0 Å². The Labute approximate surface area is 146 Å². The number of aliphatic imine (C=N–C) groups is 1. The highest BCUT2D eigenvalue weighted by molar-refractivity contribution is 14.0. The minimum Gasteiger partial charge on any atom is -0.491 e. The van der Waals surface area contributed by atoms with E-state index in [9.17, 15) is 0 Å². The molecule has 0 unspecified atom stereocenters. The number of guanidine groups is 1. The van der Waals surface area contributed by atoms with Crippen LogP contribution in [0.25, 0.3) is 0 Å². The highest BCUT2D eigenvalue weighted by Crippen LogP contribution is 2.25. The number of hydrogen-bond acceptors (Lipinski definition) is 2. The van der Waals surface area contributed by atoms with Gasteiger partial charge in [-0.1, -0.05) is 32.0 Å². The van der Waals surface area contributed by atoms with E-state index >= 15 is 0 Å². The monoisotopic (exact) mass is 405 g/mol. The lowest BCUT2D eigenvalue weighted by molar-refractivity contribution is 0.322. The Balaban J connectivity index is 0.00000400. The van der Waals surface area contributed by atoms with Crippen molar-refractivity contribution in [1.82, 2.24) is 9.80 Å². The predicted octanol–water partition coefficient (Wildman–Crippen LogP) is 3.29. The lowest BCUT2D eigenvalue weighted by Crippen LogP contribution is -2.35. The Bertz CT molecular complexity index is 435. The molecule has 0 saturated carbocycles.